The van der Waals surface area contributed by atoms with Gasteiger partial charge in [-0.3, -0.25) is 4.98 Å². The Balaban J connectivity index is 2.39. The van der Waals surface area contributed by atoms with Crippen LogP contribution in [0.1, 0.15) is 16.8 Å². The number of hydrogen-bond donors (Lipinski definition) is 0. The highest BCUT2D eigenvalue weighted by Crippen LogP contribution is 2.32. The molecule has 0 bridgehead atoms. The predicted octanol–water partition coefficient (Wildman–Crippen LogP) is 3.27. The van der Waals surface area contributed by atoms with Crippen molar-refractivity contribution in [3.8, 4) is 0 Å². The first kappa shape index (κ1) is 10.1. The number of halogens is 1. The monoisotopic (exact) mass is 233 g/mol. The summed E-state index contributed by atoms with van der Waals surface area (Å²) >= 11 is 6.41. The minimum absolute atomic E-state index is 0.588. The number of aryl methyl sites for hydroxylation is 1. The molecule has 1 aromatic heterocycles. The molecule has 2 nitrogen and oxygen atoms in total. The molecule has 82 valence electrons. The molecule has 3 heteroatoms. The third kappa shape index (κ3) is 1.41. The summed E-state index contributed by atoms with van der Waals surface area (Å²) in [5.41, 5.74) is 4.35. The highest BCUT2D eigenvalue weighted by Gasteiger charge is 2.17. The molecule has 2 heterocycles. The molecule has 0 atom stereocenters. The maximum atomic E-state index is 6.41. The summed E-state index contributed by atoms with van der Waals surface area (Å²) < 4.78 is 5.43. The lowest BCUT2D eigenvalue weighted by Gasteiger charge is -2.18. The fourth-order valence-electron chi connectivity index (χ4n) is 2.17. The topological polar surface area (TPSA) is 22.1 Å². The van der Waals surface area contributed by atoms with Gasteiger partial charge >= 0.3 is 0 Å². The number of benzene rings is 1. The lowest BCUT2D eigenvalue weighted by atomic mass is 10.0. The molecular weight excluding hydrogens is 222 g/mol. The fraction of sp³-hybridized carbons (Fsp3) is 0.308. The van der Waals surface area contributed by atoms with Gasteiger partial charge in [-0.25, -0.2) is 0 Å². The van der Waals surface area contributed by atoms with Crippen LogP contribution in [0.4, 0.5) is 0 Å². The van der Waals surface area contributed by atoms with Crippen molar-refractivity contribution in [2.75, 3.05) is 6.61 Å². The van der Waals surface area contributed by atoms with E-state index in [1.165, 1.54) is 5.56 Å². The number of ether oxygens (including phenoxy) is 1. The number of aromatic nitrogens is 1. The van der Waals surface area contributed by atoms with Crippen molar-refractivity contribution in [3.05, 3.63) is 40.0 Å². The maximum Gasteiger partial charge on any atom is 0.0749 e. The van der Waals surface area contributed by atoms with Crippen LogP contribution in [0.15, 0.2) is 18.2 Å². The van der Waals surface area contributed by atoms with Crippen molar-refractivity contribution in [3.63, 3.8) is 0 Å². The molecule has 0 saturated heterocycles. The summed E-state index contributed by atoms with van der Waals surface area (Å²) in [4.78, 5) is 4.71. The van der Waals surface area contributed by atoms with E-state index in [0.29, 0.717) is 6.61 Å². The number of fused-ring (bicyclic) bond motifs is 2. The number of rotatable bonds is 0. The summed E-state index contributed by atoms with van der Waals surface area (Å²) in [6, 6.07) is 6.10. The highest BCUT2D eigenvalue weighted by atomic mass is 35.5. The molecule has 0 radical (unpaired) electrons. The number of hydrogen-bond acceptors (Lipinski definition) is 2. The largest absolute Gasteiger partial charge is 0.376 e. The Kier molecular flexibility index (Phi) is 2.34. The molecule has 3 rings (SSSR count). The normalized spacial score (nSPS) is 15.1. The van der Waals surface area contributed by atoms with Gasteiger partial charge in [0.1, 0.15) is 0 Å². The first-order valence-electron chi connectivity index (χ1n) is 5.41. The molecule has 0 unspecified atom stereocenters. The van der Waals surface area contributed by atoms with Crippen LogP contribution in [0, 0.1) is 6.92 Å². The standard InChI is InChI=1S/C13H12ClNO/c1-8-3-2-4-9-12(14)10-7-16-6-5-11(10)15-13(8)9/h2-4H,5-7H2,1H3. The van der Waals surface area contributed by atoms with Gasteiger partial charge in [-0.2, -0.15) is 0 Å². The Morgan fingerprint density at radius 2 is 2.25 bits per heavy atom. The Labute approximate surface area is 99.2 Å². The number of para-hydroxylation sites is 1. The van der Waals surface area contributed by atoms with Crippen LogP contribution in [0.2, 0.25) is 5.02 Å². The van der Waals surface area contributed by atoms with E-state index in [-0.39, 0.29) is 0 Å². The van der Waals surface area contributed by atoms with Crippen molar-refractivity contribution < 1.29 is 4.74 Å². The Bertz CT molecular complexity index is 565. The van der Waals surface area contributed by atoms with Gasteiger partial charge in [0.05, 0.1) is 29.4 Å². The Morgan fingerprint density at radius 3 is 3.12 bits per heavy atom. The quantitative estimate of drug-likeness (QED) is 0.697. The fourth-order valence-corrected chi connectivity index (χ4v) is 2.49. The molecule has 0 N–H and O–H groups in total. The van der Waals surface area contributed by atoms with E-state index in [1.54, 1.807) is 0 Å². The third-order valence-corrected chi connectivity index (χ3v) is 3.50. The van der Waals surface area contributed by atoms with Gasteiger partial charge < -0.3 is 4.74 Å². The first-order chi connectivity index (χ1) is 7.77. The van der Waals surface area contributed by atoms with Crippen molar-refractivity contribution in [2.45, 2.75) is 20.0 Å². The van der Waals surface area contributed by atoms with Crippen molar-refractivity contribution in [1.29, 1.82) is 0 Å². The maximum absolute atomic E-state index is 6.41. The SMILES string of the molecule is Cc1cccc2c(Cl)c3c(nc12)CCOC3. The lowest BCUT2D eigenvalue weighted by Crippen LogP contribution is -2.12. The van der Waals surface area contributed by atoms with E-state index in [4.69, 9.17) is 21.3 Å². The minimum atomic E-state index is 0.588. The van der Waals surface area contributed by atoms with Crippen molar-refractivity contribution >= 4 is 22.5 Å². The summed E-state index contributed by atoms with van der Waals surface area (Å²) in [6.07, 6.45) is 0.860. The molecule has 16 heavy (non-hydrogen) atoms. The van der Waals surface area contributed by atoms with E-state index in [1.807, 2.05) is 12.1 Å². The molecule has 1 aliphatic heterocycles. The molecule has 1 aliphatic rings. The molecule has 0 saturated carbocycles. The second kappa shape index (κ2) is 3.72. The van der Waals surface area contributed by atoms with Crippen molar-refractivity contribution in [2.24, 2.45) is 0 Å². The molecule has 1 aromatic carbocycles. The van der Waals surface area contributed by atoms with E-state index in [9.17, 15) is 0 Å². The highest BCUT2D eigenvalue weighted by molar-refractivity contribution is 6.36. The smallest absolute Gasteiger partial charge is 0.0749 e. The molecular formula is C13H12ClNO. The zero-order valence-corrected chi connectivity index (χ0v) is 9.84. The summed E-state index contributed by atoms with van der Waals surface area (Å²) in [5.74, 6) is 0. The first-order valence-corrected chi connectivity index (χ1v) is 5.79. The summed E-state index contributed by atoms with van der Waals surface area (Å²) in [5, 5.41) is 1.84. The number of pyridine rings is 1. The zero-order valence-electron chi connectivity index (χ0n) is 9.09. The molecule has 0 fully saturated rings. The summed E-state index contributed by atoms with van der Waals surface area (Å²) in [7, 11) is 0. The summed E-state index contributed by atoms with van der Waals surface area (Å²) in [6.45, 7) is 3.40. The average Bonchev–Trinajstić information content (AvgIpc) is 2.31. The molecule has 0 amide bonds. The van der Waals surface area contributed by atoms with Crippen LogP contribution in [-0.4, -0.2) is 11.6 Å². The van der Waals surface area contributed by atoms with E-state index < -0.39 is 0 Å². The van der Waals surface area contributed by atoms with Gasteiger partial charge in [0, 0.05) is 17.4 Å². The van der Waals surface area contributed by atoms with Crippen LogP contribution in [0.25, 0.3) is 10.9 Å². The predicted molar refractivity (Wildman–Crippen MR) is 64.9 cm³/mol. The van der Waals surface area contributed by atoms with Crippen LogP contribution in [0.5, 0.6) is 0 Å². The second-order valence-electron chi connectivity index (χ2n) is 4.12. The van der Waals surface area contributed by atoms with Crippen LogP contribution in [0.3, 0.4) is 0 Å². The molecule has 2 aromatic rings. The van der Waals surface area contributed by atoms with E-state index >= 15 is 0 Å². The average molecular weight is 234 g/mol. The van der Waals surface area contributed by atoms with Gasteiger partial charge in [0.25, 0.3) is 0 Å². The van der Waals surface area contributed by atoms with Gasteiger partial charge in [-0.15, -0.1) is 0 Å². The van der Waals surface area contributed by atoms with Crippen LogP contribution in [-0.2, 0) is 17.8 Å². The van der Waals surface area contributed by atoms with Gasteiger partial charge in [-0.1, -0.05) is 29.8 Å². The lowest BCUT2D eigenvalue weighted by molar-refractivity contribution is 0.109. The van der Waals surface area contributed by atoms with Gasteiger partial charge in [0.2, 0.25) is 0 Å². The van der Waals surface area contributed by atoms with E-state index in [2.05, 4.69) is 13.0 Å². The van der Waals surface area contributed by atoms with Crippen LogP contribution < -0.4 is 0 Å². The van der Waals surface area contributed by atoms with Gasteiger partial charge in [0.15, 0.2) is 0 Å². The van der Waals surface area contributed by atoms with Gasteiger partial charge in [-0.05, 0) is 12.5 Å². The van der Waals surface area contributed by atoms with Crippen molar-refractivity contribution in [1.82, 2.24) is 4.98 Å². The van der Waals surface area contributed by atoms with Crippen LogP contribution >= 0.6 is 11.6 Å². The zero-order chi connectivity index (χ0) is 11.1. The molecule has 0 aliphatic carbocycles. The second-order valence-corrected chi connectivity index (χ2v) is 4.50. The van der Waals surface area contributed by atoms with E-state index in [0.717, 1.165) is 40.2 Å². The third-order valence-electron chi connectivity index (χ3n) is 3.06. The minimum Gasteiger partial charge on any atom is -0.376 e. The number of nitrogens with zero attached hydrogens (tertiary/aromatic N) is 1. The Hall–Kier alpha value is -1.12. The molecule has 0 spiro atoms. The Morgan fingerprint density at radius 1 is 1.38 bits per heavy atom.